The third-order valence-corrected chi connectivity index (χ3v) is 4.11. The molecule has 2 aromatic carbocycles. The maximum absolute atomic E-state index is 5.94. The number of ether oxygens (including phenoxy) is 1. The lowest BCUT2D eigenvalue weighted by molar-refractivity contribution is 0.305. The highest BCUT2D eigenvalue weighted by atomic mass is 16.5. The monoisotopic (exact) mass is 267 g/mol. The third kappa shape index (κ3) is 2.70. The van der Waals surface area contributed by atoms with Crippen molar-refractivity contribution < 1.29 is 4.74 Å². The summed E-state index contributed by atoms with van der Waals surface area (Å²) in [4.78, 5) is 0. The maximum atomic E-state index is 5.94. The molecule has 0 aliphatic heterocycles. The van der Waals surface area contributed by atoms with Crippen molar-refractivity contribution in [2.24, 2.45) is 5.73 Å². The predicted octanol–water partition coefficient (Wildman–Crippen LogP) is 3.52. The normalized spacial score (nSPS) is 13.3. The largest absolute Gasteiger partial charge is 0.489 e. The minimum atomic E-state index is 0.590. The summed E-state index contributed by atoms with van der Waals surface area (Å²) in [6.07, 6.45) is 3.68. The maximum Gasteiger partial charge on any atom is 0.120 e. The van der Waals surface area contributed by atoms with Crippen LogP contribution in [0.1, 0.15) is 34.2 Å². The molecule has 0 saturated heterocycles. The van der Waals surface area contributed by atoms with Crippen LogP contribution < -0.4 is 10.5 Å². The molecule has 0 unspecified atom stereocenters. The first-order valence-electron chi connectivity index (χ1n) is 7.29. The number of benzene rings is 2. The van der Waals surface area contributed by atoms with Crippen LogP contribution in [-0.2, 0) is 26.0 Å². The zero-order valence-electron chi connectivity index (χ0n) is 12.0. The molecule has 0 heterocycles. The molecule has 0 aromatic heterocycles. The fraction of sp³-hybridized carbons (Fsp3) is 0.333. The van der Waals surface area contributed by atoms with Crippen molar-refractivity contribution in [1.82, 2.24) is 0 Å². The summed E-state index contributed by atoms with van der Waals surface area (Å²) in [5, 5.41) is 0. The molecule has 0 saturated carbocycles. The third-order valence-electron chi connectivity index (χ3n) is 4.11. The number of hydrogen-bond donors (Lipinski definition) is 1. The molecule has 3 rings (SSSR count). The van der Waals surface area contributed by atoms with Crippen LogP contribution in [0.25, 0.3) is 0 Å². The predicted molar refractivity (Wildman–Crippen MR) is 81.9 cm³/mol. The lowest BCUT2D eigenvalue weighted by Crippen LogP contribution is -2.01. The molecule has 1 aliphatic carbocycles. The van der Waals surface area contributed by atoms with Gasteiger partial charge < -0.3 is 10.5 Å². The van der Waals surface area contributed by atoms with Gasteiger partial charge in [0.05, 0.1) is 0 Å². The average Bonchev–Trinajstić information content (AvgIpc) is 2.93. The van der Waals surface area contributed by atoms with Crippen molar-refractivity contribution in [2.75, 3.05) is 0 Å². The van der Waals surface area contributed by atoms with Crippen LogP contribution in [0.5, 0.6) is 5.75 Å². The van der Waals surface area contributed by atoms with E-state index in [9.17, 15) is 0 Å². The second-order valence-corrected chi connectivity index (χ2v) is 5.54. The Morgan fingerprint density at radius 3 is 2.70 bits per heavy atom. The lowest BCUT2D eigenvalue weighted by Gasteiger charge is -2.11. The Labute approximate surface area is 120 Å². The van der Waals surface area contributed by atoms with Gasteiger partial charge in [0.15, 0.2) is 0 Å². The fourth-order valence-electron chi connectivity index (χ4n) is 2.85. The summed E-state index contributed by atoms with van der Waals surface area (Å²) in [5.74, 6) is 0.980. The van der Waals surface area contributed by atoms with Crippen LogP contribution in [0.3, 0.4) is 0 Å². The molecule has 0 fully saturated rings. The highest BCUT2D eigenvalue weighted by Crippen LogP contribution is 2.26. The van der Waals surface area contributed by atoms with Gasteiger partial charge in [0.2, 0.25) is 0 Å². The topological polar surface area (TPSA) is 35.2 Å². The quantitative estimate of drug-likeness (QED) is 0.920. The van der Waals surface area contributed by atoms with E-state index in [1.165, 1.54) is 47.1 Å². The first-order valence-corrected chi connectivity index (χ1v) is 7.29. The lowest BCUT2D eigenvalue weighted by atomic mass is 10.1. The van der Waals surface area contributed by atoms with Gasteiger partial charge in [-0.2, -0.15) is 0 Å². The van der Waals surface area contributed by atoms with Gasteiger partial charge in [-0.25, -0.2) is 0 Å². The summed E-state index contributed by atoms with van der Waals surface area (Å²) in [6.45, 7) is 3.32. The van der Waals surface area contributed by atoms with Crippen molar-refractivity contribution in [3.63, 3.8) is 0 Å². The van der Waals surface area contributed by atoms with E-state index in [1.54, 1.807) is 0 Å². The van der Waals surface area contributed by atoms with Crippen LogP contribution >= 0.6 is 0 Å². The molecular formula is C18H21NO. The molecule has 0 radical (unpaired) electrons. The van der Waals surface area contributed by atoms with E-state index in [-0.39, 0.29) is 0 Å². The molecule has 1 aliphatic rings. The van der Waals surface area contributed by atoms with Gasteiger partial charge in [0.25, 0.3) is 0 Å². The minimum Gasteiger partial charge on any atom is -0.489 e. The molecule has 0 atom stereocenters. The zero-order valence-corrected chi connectivity index (χ0v) is 12.0. The number of aryl methyl sites for hydroxylation is 3. The Kier molecular flexibility index (Phi) is 3.75. The number of fused-ring (bicyclic) bond motifs is 1. The van der Waals surface area contributed by atoms with Crippen molar-refractivity contribution in [2.45, 2.75) is 39.3 Å². The summed E-state index contributed by atoms with van der Waals surface area (Å²) >= 11 is 0. The van der Waals surface area contributed by atoms with Crippen molar-refractivity contribution in [3.8, 4) is 5.75 Å². The Morgan fingerprint density at radius 1 is 1.05 bits per heavy atom. The molecule has 2 aromatic rings. The molecule has 104 valence electrons. The Morgan fingerprint density at radius 2 is 1.90 bits per heavy atom. The summed E-state index contributed by atoms with van der Waals surface area (Å²) in [7, 11) is 0. The second kappa shape index (κ2) is 5.68. The van der Waals surface area contributed by atoms with Gasteiger partial charge in [-0.15, -0.1) is 0 Å². The summed E-state index contributed by atoms with van der Waals surface area (Å²) in [6, 6.07) is 12.8. The van der Waals surface area contributed by atoms with Gasteiger partial charge in [-0.05, 0) is 66.1 Å². The highest BCUT2D eigenvalue weighted by Gasteiger charge is 2.11. The SMILES string of the molecule is Cc1cc(CN)ccc1COc1ccc2c(c1)CCC2. The summed E-state index contributed by atoms with van der Waals surface area (Å²) < 4.78 is 5.94. The second-order valence-electron chi connectivity index (χ2n) is 5.54. The minimum absolute atomic E-state index is 0.590. The van der Waals surface area contributed by atoms with Gasteiger partial charge >= 0.3 is 0 Å². The van der Waals surface area contributed by atoms with Crippen LogP contribution in [0.15, 0.2) is 36.4 Å². The highest BCUT2D eigenvalue weighted by molar-refractivity contribution is 5.38. The fourth-order valence-corrected chi connectivity index (χ4v) is 2.85. The smallest absolute Gasteiger partial charge is 0.120 e. The molecule has 20 heavy (non-hydrogen) atoms. The number of hydrogen-bond acceptors (Lipinski definition) is 2. The van der Waals surface area contributed by atoms with E-state index >= 15 is 0 Å². The van der Waals surface area contributed by atoms with Crippen molar-refractivity contribution in [1.29, 1.82) is 0 Å². The van der Waals surface area contributed by atoms with Crippen LogP contribution in [0.2, 0.25) is 0 Å². The van der Waals surface area contributed by atoms with Crippen LogP contribution in [-0.4, -0.2) is 0 Å². The molecule has 2 N–H and O–H groups in total. The first-order chi connectivity index (χ1) is 9.76. The van der Waals surface area contributed by atoms with Gasteiger partial charge in [0.1, 0.15) is 12.4 Å². The Hall–Kier alpha value is -1.80. The van der Waals surface area contributed by atoms with E-state index in [1.807, 2.05) is 0 Å². The molecular weight excluding hydrogens is 246 g/mol. The Bertz CT molecular complexity index is 619. The molecule has 2 nitrogen and oxygen atoms in total. The molecule has 0 amide bonds. The standard InChI is InChI=1S/C18H21NO/c1-13-9-14(11-19)5-6-17(13)12-20-18-8-7-15-3-2-4-16(15)10-18/h5-10H,2-4,11-12,19H2,1H3. The molecule has 0 spiro atoms. The van der Waals surface area contributed by atoms with Gasteiger partial charge in [0, 0.05) is 6.54 Å². The van der Waals surface area contributed by atoms with Crippen LogP contribution in [0, 0.1) is 6.92 Å². The van der Waals surface area contributed by atoms with E-state index in [4.69, 9.17) is 10.5 Å². The van der Waals surface area contributed by atoms with Crippen molar-refractivity contribution in [3.05, 3.63) is 64.2 Å². The van der Waals surface area contributed by atoms with Crippen molar-refractivity contribution >= 4 is 0 Å². The zero-order chi connectivity index (χ0) is 13.9. The van der Waals surface area contributed by atoms with E-state index in [0.29, 0.717) is 13.2 Å². The first kappa shape index (κ1) is 13.2. The Balaban J connectivity index is 1.70. The average molecular weight is 267 g/mol. The van der Waals surface area contributed by atoms with Gasteiger partial charge in [-0.1, -0.05) is 24.3 Å². The van der Waals surface area contributed by atoms with Gasteiger partial charge in [-0.3, -0.25) is 0 Å². The van der Waals surface area contributed by atoms with E-state index in [0.717, 1.165) is 5.75 Å². The van der Waals surface area contributed by atoms with E-state index in [2.05, 4.69) is 43.3 Å². The number of rotatable bonds is 4. The molecule has 0 bridgehead atoms. The van der Waals surface area contributed by atoms with Crippen LogP contribution in [0.4, 0.5) is 0 Å². The number of nitrogens with two attached hydrogens (primary N) is 1. The molecule has 2 heteroatoms. The van der Waals surface area contributed by atoms with E-state index < -0.39 is 0 Å². The summed E-state index contributed by atoms with van der Waals surface area (Å²) in [5.41, 5.74) is 12.2.